The molecule has 1 heterocycles. The molecule has 0 bridgehead atoms. The molecule has 3 rings (SSSR count). The normalized spacial score (nSPS) is 13.7. The molecule has 0 aliphatic heterocycles. The molecule has 1 aromatic heterocycles. The van der Waals surface area contributed by atoms with Crippen LogP contribution in [0.2, 0.25) is 0 Å². The molecule has 0 amide bonds. The van der Waals surface area contributed by atoms with Crippen LogP contribution in [0, 0.1) is 26.7 Å². The van der Waals surface area contributed by atoms with Gasteiger partial charge in [-0.25, -0.2) is 0 Å². The molecule has 1 aliphatic rings. The van der Waals surface area contributed by atoms with E-state index in [4.69, 9.17) is 9.97 Å². The van der Waals surface area contributed by atoms with E-state index in [1.165, 1.54) is 29.5 Å². The van der Waals surface area contributed by atoms with Gasteiger partial charge in [-0.1, -0.05) is 31.5 Å². The van der Waals surface area contributed by atoms with Crippen LogP contribution in [0.15, 0.2) is 12.1 Å². The average molecular weight is 354 g/mol. The van der Waals surface area contributed by atoms with Crippen molar-refractivity contribution in [1.82, 2.24) is 15.0 Å². The van der Waals surface area contributed by atoms with Crippen LogP contribution in [0.4, 0.5) is 17.6 Å². The Morgan fingerprint density at radius 3 is 2.31 bits per heavy atom. The number of anilines is 3. The van der Waals surface area contributed by atoms with Gasteiger partial charge >= 0.3 is 0 Å². The Morgan fingerprint density at radius 2 is 1.73 bits per heavy atom. The summed E-state index contributed by atoms with van der Waals surface area (Å²) in [6.07, 6.45) is 4.57. The number of hydrogen-bond donors (Lipinski definition) is 1. The molecule has 1 saturated carbocycles. The highest BCUT2D eigenvalue weighted by molar-refractivity contribution is 5.64. The highest BCUT2D eigenvalue weighted by Crippen LogP contribution is 2.31. The Hall–Kier alpha value is -2.17. The monoisotopic (exact) mass is 353 g/mol. The fraction of sp³-hybridized carbons (Fsp3) is 0.571. The number of rotatable bonds is 8. The summed E-state index contributed by atoms with van der Waals surface area (Å²) in [5.41, 5.74) is 4.80. The third kappa shape index (κ3) is 4.51. The molecule has 0 spiro atoms. The van der Waals surface area contributed by atoms with Crippen LogP contribution in [-0.4, -0.2) is 28.0 Å². The predicted molar refractivity (Wildman–Crippen MR) is 108 cm³/mol. The van der Waals surface area contributed by atoms with Crippen molar-refractivity contribution in [2.75, 3.05) is 23.3 Å². The van der Waals surface area contributed by atoms with Crippen LogP contribution in [0.3, 0.4) is 0 Å². The van der Waals surface area contributed by atoms with Gasteiger partial charge in [0.1, 0.15) is 5.82 Å². The second-order valence-electron chi connectivity index (χ2n) is 7.52. The summed E-state index contributed by atoms with van der Waals surface area (Å²) >= 11 is 0. The summed E-state index contributed by atoms with van der Waals surface area (Å²) in [5.74, 6) is 3.12. The lowest BCUT2D eigenvalue weighted by Gasteiger charge is -2.23. The van der Waals surface area contributed by atoms with Gasteiger partial charge in [-0.3, -0.25) is 0 Å². The summed E-state index contributed by atoms with van der Waals surface area (Å²) in [6.45, 7) is 12.7. The Labute approximate surface area is 157 Å². The number of nitrogens with zero attached hydrogens (tertiary/aromatic N) is 4. The third-order valence-electron chi connectivity index (χ3n) is 4.85. The molecular weight excluding hydrogens is 322 g/mol. The SMILES string of the molecule is CCCN(CC1CC1)c1nc(CC)nc(Nc2c(C)cc(C)cc2C)n1. The second kappa shape index (κ2) is 8.02. The molecular formula is C21H31N5. The first-order chi connectivity index (χ1) is 12.5. The zero-order chi connectivity index (χ0) is 18.7. The van der Waals surface area contributed by atoms with E-state index < -0.39 is 0 Å². The van der Waals surface area contributed by atoms with E-state index in [-0.39, 0.29) is 0 Å². The number of benzene rings is 1. The number of nitrogens with one attached hydrogen (secondary N) is 1. The van der Waals surface area contributed by atoms with Crippen LogP contribution in [0.5, 0.6) is 0 Å². The van der Waals surface area contributed by atoms with E-state index in [0.29, 0.717) is 5.95 Å². The lowest BCUT2D eigenvalue weighted by atomic mass is 10.1. The lowest BCUT2D eigenvalue weighted by Crippen LogP contribution is -2.29. The van der Waals surface area contributed by atoms with Crippen molar-refractivity contribution in [3.05, 3.63) is 34.6 Å². The van der Waals surface area contributed by atoms with E-state index in [9.17, 15) is 0 Å². The van der Waals surface area contributed by atoms with Gasteiger partial charge in [-0.05, 0) is 57.1 Å². The van der Waals surface area contributed by atoms with Crippen molar-refractivity contribution < 1.29 is 0 Å². The van der Waals surface area contributed by atoms with Crippen molar-refractivity contribution in [3.63, 3.8) is 0 Å². The van der Waals surface area contributed by atoms with Gasteiger partial charge in [0.05, 0.1) is 0 Å². The standard InChI is InChI=1S/C21H31N5/c1-6-10-26(13-17-8-9-17)21-23-18(7-2)22-20(25-21)24-19-15(4)11-14(3)12-16(19)5/h11-12,17H,6-10,13H2,1-5H3,(H,22,23,24,25). The zero-order valence-corrected chi connectivity index (χ0v) is 16.8. The number of aryl methyl sites for hydroxylation is 4. The third-order valence-corrected chi connectivity index (χ3v) is 4.85. The minimum absolute atomic E-state index is 0.652. The molecule has 0 saturated heterocycles. The van der Waals surface area contributed by atoms with Gasteiger partial charge in [0.15, 0.2) is 0 Å². The molecule has 0 atom stereocenters. The smallest absolute Gasteiger partial charge is 0.232 e. The maximum absolute atomic E-state index is 4.77. The van der Waals surface area contributed by atoms with Crippen molar-refractivity contribution in [3.8, 4) is 0 Å². The highest BCUT2D eigenvalue weighted by atomic mass is 15.3. The maximum Gasteiger partial charge on any atom is 0.232 e. The first-order valence-electron chi connectivity index (χ1n) is 9.84. The Kier molecular flexibility index (Phi) is 5.74. The first-order valence-corrected chi connectivity index (χ1v) is 9.84. The van der Waals surface area contributed by atoms with Gasteiger partial charge in [0.25, 0.3) is 0 Å². The van der Waals surface area contributed by atoms with Crippen LogP contribution < -0.4 is 10.2 Å². The van der Waals surface area contributed by atoms with Crippen molar-refractivity contribution in [2.24, 2.45) is 5.92 Å². The topological polar surface area (TPSA) is 53.9 Å². The molecule has 1 aliphatic carbocycles. The van der Waals surface area contributed by atoms with E-state index >= 15 is 0 Å². The van der Waals surface area contributed by atoms with Crippen molar-refractivity contribution in [1.29, 1.82) is 0 Å². The molecule has 0 unspecified atom stereocenters. The molecule has 2 aromatic rings. The Morgan fingerprint density at radius 1 is 1.04 bits per heavy atom. The largest absolute Gasteiger partial charge is 0.340 e. The van der Waals surface area contributed by atoms with Gasteiger partial charge in [-0.2, -0.15) is 15.0 Å². The van der Waals surface area contributed by atoms with Gasteiger partial charge in [0, 0.05) is 25.2 Å². The summed E-state index contributed by atoms with van der Waals surface area (Å²) in [5, 5.41) is 3.46. The van der Waals surface area contributed by atoms with Crippen LogP contribution in [0.1, 0.15) is 55.6 Å². The van der Waals surface area contributed by atoms with E-state index in [0.717, 1.165) is 49.3 Å². The fourth-order valence-electron chi connectivity index (χ4n) is 3.41. The Balaban J connectivity index is 1.92. The summed E-state index contributed by atoms with van der Waals surface area (Å²) in [7, 11) is 0. The molecule has 1 N–H and O–H groups in total. The van der Waals surface area contributed by atoms with Crippen LogP contribution in [-0.2, 0) is 6.42 Å². The molecule has 0 radical (unpaired) electrons. The van der Waals surface area contributed by atoms with Crippen LogP contribution in [0.25, 0.3) is 0 Å². The van der Waals surface area contributed by atoms with E-state index in [2.05, 4.69) is 62.0 Å². The minimum atomic E-state index is 0.652. The van der Waals surface area contributed by atoms with Crippen LogP contribution >= 0.6 is 0 Å². The summed E-state index contributed by atoms with van der Waals surface area (Å²) in [6, 6.07) is 4.38. The second-order valence-corrected chi connectivity index (χ2v) is 7.52. The number of hydrogen-bond acceptors (Lipinski definition) is 5. The summed E-state index contributed by atoms with van der Waals surface area (Å²) < 4.78 is 0. The predicted octanol–water partition coefficient (Wildman–Crippen LogP) is 4.73. The van der Waals surface area contributed by atoms with Crippen molar-refractivity contribution >= 4 is 17.6 Å². The van der Waals surface area contributed by atoms with Crippen molar-refractivity contribution in [2.45, 2.75) is 60.3 Å². The highest BCUT2D eigenvalue weighted by Gasteiger charge is 2.25. The summed E-state index contributed by atoms with van der Waals surface area (Å²) in [4.78, 5) is 16.5. The quantitative estimate of drug-likeness (QED) is 0.743. The first kappa shape index (κ1) is 18.6. The van der Waals surface area contributed by atoms with Gasteiger partial charge < -0.3 is 10.2 Å². The Bertz CT molecular complexity index is 744. The molecule has 140 valence electrons. The maximum atomic E-state index is 4.77. The number of aromatic nitrogens is 3. The van der Waals surface area contributed by atoms with E-state index in [1.807, 2.05) is 0 Å². The fourth-order valence-corrected chi connectivity index (χ4v) is 3.41. The average Bonchev–Trinajstić information content (AvgIpc) is 3.41. The molecule has 1 aromatic carbocycles. The molecule has 5 heteroatoms. The minimum Gasteiger partial charge on any atom is -0.340 e. The lowest BCUT2D eigenvalue weighted by molar-refractivity contribution is 0.681. The van der Waals surface area contributed by atoms with Gasteiger partial charge in [-0.15, -0.1) is 0 Å². The molecule has 1 fully saturated rings. The molecule has 5 nitrogen and oxygen atoms in total. The zero-order valence-electron chi connectivity index (χ0n) is 16.8. The van der Waals surface area contributed by atoms with Gasteiger partial charge in [0.2, 0.25) is 11.9 Å². The molecule has 26 heavy (non-hydrogen) atoms. The van der Waals surface area contributed by atoms with E-state index in [1.54, 1.807) is 0 Å².